The molecule has 0 saturated carbocycles. The fraction of sp³-hybridized carbons (Fsp3) is 0.500. The van der Waals surface area contributed by atoms with Gasteiger partial charge in [-0.2, -0.15) is 0 Å². The molecule has 0 aliphatic carbocycles. The maximum absolute atomic E-state index is 10.3. The van der Waals surface area contributed by atoms with Gasteiger partial charge in [0.2, 0.25) is 0 Å². The van der Waals surface area contributed by atoms with E-state index >= 15 is 0 Å². The normalized spacial score (nSPS) is 8.81. The van der Waals surface area contributed by atoms with E-state index in [1.165, 1.54) is 0 Å². The van der Waals surface area contributed by atoms with Gasteiger partial charge in [0.1, 0.15) is 0 Å². The summed E-state index contributed by atoms with van der Waals surface area (Å²) in [6, 6.07) is 0. The van der Waals surface area contributed by atoms with Crippen LogP contribution >= 0.6 is 0 Å². The van der Waals surface area contributed by atoms with E-state index in [0.717, 1.165) is 0 Å². The summed E-state index contributed by atoms with van der Waals surface area (Å²) in [7, 11) is 0. The minimum absolute atomic E-state index is 0. The first-order chi connectivity index (χ1) is 5.78. The SMILES string of the molecule is O=C(O)CC(O)(CC(=O)O)C(=O)O.[Li].[Li].[Li]. The van der Waals surface area contributed by atoms with E-state index < -0.39 is 36.4 Å². The van der Waals surface area contributed by atoms with Gasteiger partial charge in [-0.15, -0.1) is 0 Å². The number of carbonyl (C=O) groups is 3. The number of carboxylic acid groups (broad SMARTS) is 3. The zero-order valence-corrected chi connectivity index (χ0v) is 9.43. The molecular formula is C6H8Li3O7. The molecule has 0 atom stereocenters. The van der Waals surface area contributed by atoms with Gasteiger partial charge in [0.25, 0.3) is 0 Å². The van der Waals surface area contributed by atoms with E-state index in [1.54, 1.807) is 0 Å². The Bertz CT molecular complexity index is 239. The van der Waals surface area contributed by atoms with Gasteiger partial charge in [0, 0.05) is 56.6 Å². The largest absolute Gasteiger partial charge is 0.481 e. The van der Waals surface area contributed by atoms with Crippen LogP contribution in [0.4, 0.5) is 0 Å². The molecule has 3 radical (unpaired) electrons. The van der Waals surface area contributed by atoms with Crippen LogP contribution in [0.1, 0.15) is 12.8 Å². The molecule has 0 aromatic carbocycles. The second-order valence-corrected chi connectivity index (χ2v) is 2.48. The summed E-state index contributed by atoms with van der Waals surface area (Å²) in [6.45, 7) is 0. The van der Waals surface area contributed by atoms with Gasteiger partial charge in [0.15, 0.2) is 5.60 Å². The standard InChI is InChI=1S/C6H8O7.3Li/c7-3(8)1-6(13,5(11)12)2-4(9)10;;;/h13H,1-2H2,(H,7,8)(H,9,10)(H,11,12);;;. The minimum atomic E-state index is -2.74. The Kier molecular flexibility index (Phi) is 16.2. The molecule has 0 rings (SSSR count). The van der Waals surface area contributed by atoms with Crippen molar-refractivity contribution in [2.75, 3.05) is 0 Å². The molecule has 0 aromatic rings. The molecule has 16 heavy (non-hydrogen) atoms. The van der Waals surface area contributed by atoms with E-state index in [9.17, 15) is 14.4 Å². The quantitative estimate of drug-likeness (QED) is 0.374. The maximum atomic E-state index is 10.3. The second kappa shape index (κ2) is 10.3. The third-order valence-corrected chi connectivity index (χ3v) is 1.29. The molecule has 10 heteroatoms. The molecule has 0 aromatic heterocycles. The first kappa shape index (κ1) is 25.1. The maximum Gasteiger partial charge on any atom is 0.336 e. The van der Waals surface area contributed by atoms with Crippen molar-refractivity contribution in [1.82, 2.24) is 0 Å². The molecule has 0 unspecified atom stereocenters. The van der Waals surface area contributed by atoms with Crippen molar-refractivity contribution in [3.8, 4) is 0 Å². The van der Waals surface area contributed by atoms with Crippen LogP contribution in [-0.4, -0.2) is 101 Å². The van der Waals surface area contributed by atoms with Crippen LogP contribution in [0.25, 0.3) is 0 Å². The van der Waals surface area contributed by atoms with Gasteiger partial charge in [-0.05, 0) is 0 Å². The molecule has 4 N–H and O–H groups in total. The molecule has 0 amide bonds. The summed E-state index contributed by atoms with van der Waals surface area (Å²) in [4.78, 5) is 30.5. The number of rotatable bonds is 5. The molecule has 0 saturated heterocycles. The predicted molar refractivity (Wildman–Crippen MR) is 54.4 cm³/mol. The average molecular weight is 213 g/mol. The summed E-state index contributed by atoms with van der Waals surface area (Å²) in [5.41, 5.74) is -2.74. The molecule has 0 fully saturated rings. The smallest absolute Gasteiger partial charge is 0.336 e. The van der Waals surface area contributed by atoms with Crippen LogP contribution in [0.15, 0.2) is 0 Å². The molecule has 77 valence electrons. The number of hydrogen-bond acceptors (Lipinski definition) is 4. The number of carboxylic acids is 3. The summed E-state index contributed by atoms with van der Waals surface area (Å²) in [6.07, 6.45) is -2.29. The molecular weight excluding hydrogens is 205 g/mol. The van der Waals surface area contributed by atoms with Crippen molar-refractivity contribution in [3.63, 3.8) is 0 Å². The van der Waals surface area contributed by atoms with Crippen molar-refractivity contribution in [3.05, 3.63) is 0 Å². The number of hydrogen-bond donors (Lipinski definition) is 4. The van der Waals surface area contributed by atoms with E-state index in [4.69, 9.17) is 20.4 Å². The van der Waals surface area contributed by atoms with E-state index in [-0.39, 0.29) is 56.6 Å². The Morgan fingerprint density at radius 1 is 0.812 bits per heavy atom. The zero-order valence-electron chi connectivity index (χ0n) is 9.43. The molecule has 0 aliphatic heterocycles. The molecule has 0 heterocycles. The number of aliphatic hydroxyl groups is 1. The average Bonchev–Trinajstić information content (AvgIpc) is 1.82. The summed E-state index contributed by atoms with van der Waals surface area (Å²) in [5.74, 6) is -5.02. The molecule has 7 nitrogen and oxygen atoms in total. The van der Waals surface area contributed by atoms with Crippen LogP contribution in [0, 0.1) is 0 Å². The van der Waals surface area contributed by atoms with Gasteiger partial charge in [0.05, 0.1) is 12.8 Å². The fourth-order valence-corrected chi connectivity index (χ4v) is 0.714. The monoisotopic (exact) mass is 213 g/mol. The Hall–Kier alpha value is 0.162. The van der Waals surface area contributed by atoms with Crippen LogP contribution in [0.5, 0.6) is 0 Å². The van der Waals surface area contributed by atoms with Crippen molar-refractivity contribution >= 4 is 74.5 Å². The zero-order chi connectivity index (χ0) is 10.6. The minimum Gasteiger partial charge on any atom is -0.481 e. The van der Waals surface area contributed by atoms with Gasteiger partial charge >= 0.3 is 17.9 Å². The third-order valence-electron chi connectivity index (χ3n) is 1.29. The Labute approximate surface area is 127 Å². The topological polar surface area (TPSA) is 132 Å². The molecule has 0 bridgehead atoms. The first-order valence-electron chi connectivity index (χ1n) is 3.17. The van der Waals surface area contributed by atoms with Crippen molar-refractivity contribution < 1.29 is 34.8 Å². The number of aliphatic carboxylic acids is 3. The van der Waals surface area contributed by atoms with Crippen LogP contribution < -0.4 is 0 Å². The Morgan fingerprint density at radius 3 is 1.19 bits per heavy atom. The van der Waals surface area contributed by atoms with Crippen molar-refractivity contribution in [2.45, 2.75) is 18.4 Å². The van der Waals surface area contributed by atoms with Crippen molar-refractivity contribution in [1.29, 1.82) is 0 Å². The summed E-state index contributed by atoms with van der Waals surface area (Å²) < 4.78 is 0. The van der Waals surface area contributed by atoms with E-state index in [2.05, 4.69) is 0 Å². The van der Waals surface area contributed by atoms with E-state index in [1.807, 2.05) is 0 Å². The third kappa shape index (κ3) is 9.39. The summed E-state index contributed by atoms with van der Waals surface area (Å²) >= 11 is 0. The van der Waals surface area contributed by atoms with Crippen molar-refractivity contribution in [2.24, 2.45) is 0 Å². The van der Waals surface area contributed by atoms with Gasteiger partial charge in [-0.25, -0.2) is 4.79 Å². The Balaban J connectivity index is -0.000000240. The predicted octanol–water partition coefficient (Wildman–Crippen LogP) is -2.39. The fourth-order valence-electron chi connectivity index (χ4n) is 0.714. The van der Waals surface area contributed by atoms with Crippen LogP contribution in [-0.2, 0) is 14.4 Å². The molecule has 0 aliphatic rings. The second-order valence-electron chi connectivity index (χ2n) is 2.48. The van der Waals surface area contributed by atoms with Crippen LogP contribution in [0.3, 0.4) is 0 Å². The first-order valence-corrected chi connectivity index (χ1v) is 3.17. The van der Waals surface area contributed by atoms with E-state index in [0.29, 0.717) is 0 Å². The van der Waals surface area contributed by atoms with Gasteiger partial charge in [-0.1, -0.05) is 0 Å². The van der Waals surface area contributed by atoms with Crippen LogP contribution in [0.2, 0.25) is 0 Å². The van der Waals surface area contributed by atoms with Gasteiger partial charge < -0.3 is 20.4 Å². The summed E-state index contributed by atoms with van der Waals surface area (Å²) in [5, 5.41) is 33.8. The van der Waals surface area contributed by atoms with Gasteiger partial charge in [-0.3, -0.25) is 9.59 Å². The Morgan fingerprint density at radius 2 is 1.06 bits per heavy atom. The molecule has 0 spiro atoms.